The van der Waals surface area contributed by atoms with E-state index >= 15 is 0 Å². The highest BCUT2D eigenvalue weighted by Gasteiger charge is 2.17. The second-order valence-electron chi connectivity index (χ2n) is 4.42. The van der Waals surface area contributed by atoms with E-state index in [4.69, 9.17) is 11.6 Å². The van der Waals surface area contributed by atoms with Gasteiger partial charge < -0.3 is 5.32 Å². The molecule has 0 saturated carbocycles. The van der Waals surface area contributed by atoms with Crippen LogP contribution in [0.25, 0.3) is 0 Å². The van der Waals surface area contributed by atoms with Crippen LogP contribution < -0.4 is 10.0 Å². The third-order valence-electron chi connectivity index (χ3n) is 2.42. The Balaban J connectivity index is 2.60. The van der Waals surface area contributed by atoms with Gasteiger partial charge in [0.1, 0.15) is 4.90 Å². The van der Waals surface area contributed by atoms with Crippen molar-refractivity contribution in [3.8, 4) is 0 Å². The maximum Gasteiger partial charge on any atom is 0.242 e. The van der Waals surface area contributed by atoms with Crippen LogP contribution in [0.1, 0.15) is 13.8 Å². The molecule has 0 radical (unpaired) electrons. The van der Waals surface area contributed by atoms with Crippen molar-refractivity contribution in [1.29, 1.82) is 0 Å². The lowest BCUT2D eigenvalue weighted by Gasteiger charge is -2.10. The van der Waals surface area contributed by atoms with E-state index in [1.54, 1.807) is 19.9 Å². The van der Waals surface area contributed by atoms with Gasteiger partial charge in [-0.25, -0.2) is 13.1 Å². The third kappa shape index (κ3) is 5.05. The highest BCUT2D eigenvalue weighted by Crippen LogP contribution is 2.24. The maximum atomic E-state index is 12.0. The van der Waals surface area contributed by atoms with Gasteiger partial charge in [0.2, 0.25) is 15.9 Å². The molecule has 1 amide bonds. The van der Waals surface area contributed by atoms with Crippen LogP contribution in [0.3, 0.4) is 0 Å². The van der Waals surface area contributed by atoms with E-state index in [0.717, 1.165) is 0 Å². The second-order valence-corrected chi connectivity index (χ2v) is 7.48. The van der Waals surface area contributed by atoms with E-state index in [0.29, 0.717) is 4.47 Å². The van der Waals surface area contributed by atoms with E-state index < -0.39 is 10.0 Å². The number of carbonyl (C=O) groups excluding carboxylic acids is 1. The first-order valence-electron chi connectivity index (χ1n) is 5.96. The molecule has 0 aromatic heterocycles. The summed E-state index contributed by atoms with van der Waals surface area (Å²) in [6, 6.07) is 4.53. The summed E-state index contributed by atoms with van der Waals surface area (Å²) >= 11 is 9.11. The van der Waals surface area contributed by atoms with Crippen molar-refractivity contribution in [2.45, 2.75) is 18.7 Å². The first-order valence-corrected chi connectivity index (χ1v) is 8.62. The minimum atomic E-state index is -3.68. The van der Waals surface area contributed by atoms with Crippen LogP contribution in [-0.4, -0.2) is 27.4 Å². The fourth-order valence-electron chi connectivity index (χ4n) is 1.35. The molecule has 0 aliphatic heterocycles. The summed E-state index contributed by atoms with van der Waals surface area (Å²) in [6.07, 6.45) is 0. The summed E-state index contributed by atoms with van der Waals surface area (Å²) in [5.41, 5.74) is 0. The molecule has 0 spiro atoms. The van der Waals surface area contributed by atoms with Gasteiger partial charge in [0.15, 0.2) is 0 Å². The number of amides is 1. The lowest BCUT2D eigenvalue weighted by atomic mass is 10.2. The number of sulfonamides is 1. The molecule has 0 saturated heterocycles. The van der Waals surface area contributed by atoms with Gasteiger partial charge >= 0.3 is 0 Å². The van der Waals surface area contributed by atoms with Crippen molar-refractivity contribution in [1.82, 2.24) is 10.0 Å². The second kappa shape index (κ2) is 7.40. The van der Waals surface area contributed by atoms with E-state index in [2.05, 4.69) is 26.0 Å². The van der Waals surface area contributed by atoms with Gasteiger partial charge in [-0.3, -0.25) is 4.79 Å². The Morgan fingerprint density at radius 2 is 2.00 bits per heavy atom. The molecule has 0 bridgehead atoms. The SMILES string of the molecule is CC(C)C(=O)NCCNS(=O)(=O)c1ccc(Br)cc1Cl. The van der Waals surface area contributed by atoms with Crippen LogP contribution >= 0.6 is 27.5 Å². The van der Waals surface area contributed by atoms with Crippen LogP contribution in [0.15, 0.2) is 27.6 Å². The highest BCUT2D eigenvalue weighted by atomic mass is 79.9. The highest BCUT2D eigenvalue weighted by molar-refractivity contribution is 9.10. The van der Waals surface area contributed by atoms with Gasteiger partial charge in [0, 0.05) is 23.5 Å². The van der Waals surface area contributed by atoms with Gasteiger partial charge in [-0.2, -0.15) is 0 Å². The standard InChI is InChI=1S/C12H16BrClN2O3S/c1-8(2)12(17)15-5-6-16-20(18,19)11-4-3-9(13)7-10(11)14/h3-4,7-8,16H,5-6H2,1-2H3,(H,15,17). The number of hydrogen-bond donors (Lipinski definition) is 2. The molecule has 0 aliphatic carbocycles. The van der Waals surface area contributed by atoms with Crippen molar-refractivity contribution in [3.05, 3.63) is 27.7 Å². The van der Waals surface area contributed by atoms with Crippen molar-refractivity contribution in [3.63, 3.8) is 0 Å². The normalized spacial score (nSPS) is 11.7. The third-order valence-corrected chi connectivity index (χ3v) is 4.86. The van der Waals surface area contributed by atoms with Crippen LogP contribution in [-0.2, 0) is 14.8 Å². The molecule has 5 nitrogen and oxygen atoms in total. The molecule has 112 valence electrons. The molecule has 20 heavy (non-hydrogen) atoms. The molecule has 8 heteroatoms. The lowest BCUT2D eigenvalue weighted by Crippen LogP contribution is -2.36. The maximum absolute atomic E-state index is 12.0. The first kappa shape index (κ1) is 17.4. The number of halogens is 2. The average molecular weight is 384 g/mol. The number of nitrogens with one attached hydrogen (secondary N) is 2. The van der Waals surface area contributed by atoms with Crippen LogP contribution in [0.4, 0.5) is 0 Å². The summed E-state index contributed by atoms with van der Waals surface area (Å²) in [5, 5.41) is 2.76. The quantitative estimate of drug-likeness (QED) is 0.739. The minimum Gasteiger partial charge on any atom is -0.355 e. The summed E-state index contributed by atoms with van der Waals surface area (Å²) < 4.78 is 27.1. The first-order chi connectivity index (χ1) is 9.24. The summed E-state index contributed by atoms with van der Waals surface area (Å²) in [7, 11) is -3.68. The zero-order chi connectivity index (χ0) is 15.3. The smallest absolute Gasteiger partial charge is 0.242 e. The number of benzene rings is 1. The molecule has 2 N–H and O–H groups in total. The summed E-state index contributed by atoms with van der Waals surface area (Å²) in [5.74, 6) is -0.251. The fraction of sp³-hybridized carbons (Fsp3) is 0.417. The Bertz CT molecular complexity index is 590. The zero-order valence-corrected chi connectivity index (χ0v) is 14.3. The monoisotopic (exact) mass is 382 g/mol. The number of rotatable bonds is 6. The molecule has 0 aliphatic rings. The fourth-order valence-corrected chi connectivity index (χ4v) is 3.41. The molecule has 1 aromatic rings. The zero-order valence-electron chi connectivity index (χ0n) is 11.1. The minimum absolute atomic E-state index is 0.0116. The Morgan fingerprint density at radius 1 is 1.35 bits per heavy atom. The topological polar surface area (TPSA) is 75.3 Å². The molecule has 0 atom stereocenters. The molecular formula is C12H16BrClN2O3S. The van der Waals surface area contributed by atoms with Crippen molar-refractivity contribution >= 4 is 43.5 Å². The van der Waals surface area contributed by atoms with Crippen molar-refractivity contribution in [2.75, 3.05) is 13.1 Å². The summed E-state index contributed by atoms with van der Waals surface area (Å²) in [6.45, 7) is 3.86. The largest absolute Gasteiger partial charge is 0.355 e. The Hall–Kier alpha value is -0.630. The van der Waals surface area contributed by atoms with Gasteiger partial charge in [-0.05, 0) is 18.2 Å². The number of hydrogen-bond acceptors (Lipinski definition) is 3. The Kier molecular flexibility index (Phi) is 6.44. The molecule has 1 aromatic carbocycles. The summed E-state index contributed by atoms with van der Waals surface area (Å²) in [4.78, 5) is 11.3. The van der Waals surface area contributed by atoms with Crippen molar-refractivity contribution in [2.24, 2.45) is 5.92 Å². The van der Waals surface area contributed by atoms with Crippen LogP contribution in [0.2, 0.25) is 5.02 Å². The van der Waals surface area contributed by atoms with E-state index in [1.165, 1.54) is 12.1 Å². The Labute approximate surface area is 132 Å². The van der Waals surface area contributed by atoms with Gasteiger partial charge in [0.05, 0.1) is 5.02 Å². The van der Waals surface area contributed by atoms with Crippen molar-refractivity contribution < 1.29 is 13.2 Å². The molecular weight excluding hydrogens is 368 g/mol. The molecule has 0 heterocycles. The predicted molar refractivity (Wildman–Crippen MR) is 82.2 cm³/mol. The van der Waals surface area contributed by atoms with Crippen LogP contribution in [0, 0.1) is 5.92 Å². The van der Waals surface area contributed by atoms with Crippen LogP contribution in [0.5, 0.6) is 0 Å². The van der Waals surface area contributed by atoms with Gasteiger partial charge in [-0.15, -0.1) is 0 Å². The van der Waals surface area contributed by atoms with E-state index in [1.807, 2.05) is 0 Å². The number of carbonyl (C=O) groups is 1. The molecule has 1 rings (SSSR count). The molecule has 0 unspecified atom stereocenters. The van der Waals surface area contributed by atoms with Gasteiger partial charge in [0.25, 0.3) is 0 Å². The lowest BCUT2D eigenvalue weighted by molar-refractivity contribution is -0.123. The van der Waals surface area contributed by atoms with E-state index in [-0.39, 0.29) is 34.8 Å². The molecule has 0 fully saturated rings. The predicted octanol–water partition coefficient (Wildman–Crippen LogP) is 2.15. The average Bonchev–Trinajstić information content (AvgIpc) is 2.33. The van der Waals surface area contributed by atoms with Gasteiger partial charge in [-0.1, -0.05) is 41.4 Å². The Morgan fingerprint density at radius 3 is 2.55 bits per heavy atom. The van der Waals surface area contributed by atoms with E-state index in [9.17, 15) is 13.2 Å².